The number of anilines is 2. The fraction of sp³-hybridized carbons (Fsp3) is 0.353. The summed E-state index contributed by atoms with van der Waals surface area (Å²) in [6, 6.07) is 9.48. The maximum absolute atomic E-state index is 12.5. The van der Waals surface area contributed by atoms with Crippen LogP contribution in [0.5, 0.6) is 0 Å². The fourth-order valence-electron chi connectivity index (χ4n) is 2.93. The van der Waals surface area contributed by atoms with Crippen LogP contribution in [0.2, 0.25) is 0 Å². The number of nitrogens with zero attached hydrogens (tertiary/aromatic N) is 4. The van der Waals surface area contributed by atoms with Gasteiger partial charge in [0.15, 0.2) is 0 Å². The number of aromatic nitrogens is 2. The standard InChI is InChI=1S/C17H21N5O2/c1-12-5-3-4-6-14(12)21-8-7-20(10-17(21)24)16(23)11-22-15(18)9-13(2)19-22/h3-6,9H,7-8,10-11,18H2,1-2H3. The molecule has 24 heavy (non-hydrogen) atoms. The molecule has 1 aromatic carbocycles. The van der Waals surface area contributed by atoms with Gasteiger partial charge in [-0.2, -0.15) is 5.10 Å². The number of rotatable bonds is 3. The Labute approximate surface area is 140 Å². The Balaban J connectivity index is 1.67. The minimum atomic E-state index is -0.150. The summed E-state index contributed by atoms with van der Waals surface area (Å²) in [5.74, 6) is 0.224. The molecule has 0 atom stereocenters. The molecule has 2 heterocycles. The van der Waals surface area contributed by atoms with Gasteiger partial charge in [0, 0.05) is 24.8 Å². The lowest BCUT2D eigenvalue weighted by Crippen LogP contribution is -2.53. The normalized spacial score (nSPS) is 15.0. The molecule has 2 amide bonds. The number of hydrogen-bond donors (Lipinski definition) is 1. The molecule has 0 bridgehead atoms. The molecule has 0 unspecified atom stereocenters. The minimum absolute atomic E-state index is 0.0529. The maximum atomic E-state index is 12.5. The third-order valence-electron chi connectivity index (χ3n) is 4.20. The molecule has 1 aliphatic heterocycles. The van der Waals surface area contributed by atoms with Crippen molar-refractivity contribution in [2.24, 2.45) is 0 Å². The summed E-state index contributed by atoms with van der Waals surface area (Å²) in [4.78, 5) is 28.2. The lowest BCUT2D eigenvalue weighted by Gasteiger charge is -2.35. The topological polar surface area (TPSA) is 84.5 Å². The summed E-state index contributed by atoms with van der Waals surface area (Å²) in [5, 5.41) is 4.19. The van der Waals surface area contributed by atoms with Crippen LogP contribution in [-0.4, -0.2) is 46.1 Å². The molecule has 3 rings (SSSR count). The zero-order chi connectivity index (χ0) is 17.3. The lowest BCUT2D eigenvalue weighted by molar-refractivity contribution is -0.137. The van der Waals surface area contributed by atoms with Gasteiger partial charge in [-0.15, -0.1) is 0 Å². The molecule has 2 N–H and O–H groups in total. The maximum Gasteiger partial charge on any atom is 0.246 e. The van der Waals surface area contributed by atoms with Gasteiger partial charge in [0.1, 0.15) is 18.9 Å². The Morgan fingerprint density at radius 3 is 2.62 bits per heavy atom. The lowest BCUT2D eigenvalue weighted by atomic mass is 10.1. The number of hydrogen-bond acceptors (Lipinski definition) is 4. The molecule has 0 saturated carbocycles. The summed E-state index contributed by atoms with van der Waals surface area (Å²) < 4.78 is 1.47. The van der Waals surface area contributed by atoms with Gasteiger partial charge >= 0.3 is 0 Å². The van der Waals surface area contributed by atoms with Crippen molar-refractivity contribution in [2.75, 3.05) is 30.3 Å². The quantitative estimate of drug-likeness (QED) is 0.910. The first kappa shape index (κ1) is 16.0. The van der Waals surface area contributed by atoms with E-state index in [1.807, 2.05) is 38.1 Å². The second kappa shape index (κ2) is 6.35. The summed E-state index contributed by atoms with van der Waals surface area (Å²) in [5.41, 5.74) is 8.53. The van der Waals surface area contributed by atoms with Gasteiger partial charge in [-0.25, -0.2) is 4.68 Å². The molecular formula is C17H21N5O2. The van der Waals surface area contributed by atoms with Gasteiger partial charge in [-0.3, -0.25) is 9.59 Å². The number of benzene rings is 1. The average molecular weight is 327 g/mol. The molecule has 0 spiro atoms. The van der Waals surface area contributed by atoms with E-state index in [0.717, 1.165) is 16.9 Å². The highest BCUT2D eigenvalue weighted by atomic mass is 16.2. The van der Waals surface area contributed by atoms with Crippen LogP contribution in [0, 0.1) is 13.8 Å². The zero-order valence-corrected chi connectivity index (χ0v) is 13.9. The Bertz CT molecular complexity index is 783. The molecule has 1 saturated heterocycles. The van der Waals surface area contributed by atoms with E-state index in [0.29, 0.717) is 18.9 Å². The van der Waals surface area contributed by atoms with Gasteiger partial charge in [0.2, 0.25) is 11.8 Å². The van der Waals surface area contributed by atoms with E-state index in [2.05, 4.69) is 5.10 Å². The van der Waals surface area contributed by atoms with Crippen LogP contribution in [0.25, 0.3) is 0 Å². The van der Waals surface area contributed by atoms with Gasteiger partial charge in [-0.1, -0.05) is 18.2 Å². The number of aryl methyl sites for hydroxylation is 2. The van der Waals surface area contributed by atoms with E-state index >= 15 is 0 Å². The molecule has 7 heteroatoms. The summed E-state index contributed by atoms with van der Waals surface area (Å²) >= 11 is 0. The predicted molar refractivity (Wildman–Crippen MR) is 91.5 cm³/mol. The fourth-order valence-corrected chi connectivity index (χ4v) is 2.93. The van der Waals surface area contributed by atoms with Crippen molar-refractivity contribution < 1.29 is 9.59 Å². The van der Waals surface area contributed by atoms with Crippen LogP contribution >= 0.6 is 0 Å². The van der Waals surface area contributed by atoms with Crippen LogP contribution < -0.4 is 10.6 Å². The van der Waals surface area contributed by atoms with Crippen LogP contribution in [0.1, 0.15) is 11.3 Å². The molecule has 1 fully saturated rings. The Morgan fingerprint density at radius 2 is 2.00 bits per heavy atom. The van der Waals surface area contributed by atoms with Crippen molar-refractivity contribution in [3.05, 3.63) is 41.6 Å². The van der Waals surface area contributed by atoms with Crippen LogP contribution in [0.4, 0.5) is 11.5 Å². The number of para-hydroxylation sites is 1. The highest BCUT2D eigenvalue weighted by molar-refractivity contribution is 5.98. The smallest absolute Gasteiger partial charge is 0.246 e. The summed E-state index contributed by atoms with van der Waals surface area (Å²) in [6.45, 7) is 4.91. The minimum Gasteiger partial charge on any atom is -0.384 e. The Kier molecular flexibility index (Phi) is 4.24. The highest BCUT2D eigenvalue weighted by Gasteiger charge is 2.28. The molecule has 0 aliphatic carbocycles. The molecule has 0 radical (unpaired) electrons. The molecule has 126 valence electrons. The van der Waals surface area contributed by atoms with Crippen molar-refractivity contribution in [2.45, 2.75) is 20.4 Å². The summed E-state index contributed by atoms with van der Waals surface area (Å²) in [6.07, 6.45) is 0. The number of amides is 2. The second-order valence-electron chi connectivity index (χ2n) is 6.02. The van der Waals surface area contributed by atoms with E-state index in [1.165, 1.54) is 4.68 Å². The zero-order valence-electron chi connectivity index (χ0n) is 13.9. The molecule has 1 aliphatic rings. The average Bonchev–Trinajstić information content (AvgIpc) is 2.85. The van der Waals surface area contributed by atoms with Crippen molar-refractivity contribution in [1.82, 2.24) is 14.7 Å². The number of nitrogen functional groups attached to an aromatic ring is 1. The van der Waals surface area contributed by atoms with Gasteiger partial charge < -0.3 is 15.5 Å². The Morgan fingerprint density at radius 1 is 1.25 bits per heavy atom. The second-order valence-corrected chi connectivity index (χ2v) is 6.02. The van der Waals surface area contributed by atoms with Gasteiger partial charge in [-0.05, 0) is 25.5 Å². The van der Waals surface area contributed by atoms with Crippen molar-refractivity contribution in [3.63, 3.8) is 0 Å². The van der Waals surface area contributed by atoms with Gasteiger partial charge in [0.25, 0.3) is 0 Å². The first-order valence-corrected chi connectivity index (χ1v) is 7.89. The molecule has 7 nitrogen and oxygen atoms in total. The highest BCUT2D eigenvalue weighted by Crippen LogP contribution is 2.21. The molecule has 1 aromatic heterocycles. The van der Waals surface area contributed by atoms with E-state index < -0.39 is 0 Å². The van der Waals surface area contributed by atoms with Crippen molar-refractivity contribution in [3.8, 4) is 0 Å². The van der Waals surface area contributed by atoms with Crippen LogP contribution in [0.3, 0.4) is 0 Å². The molecule has 2 aromatic rings. The third-order valence-corrected chi connectivity index (χ3v) is 4.20. The van der Waals surface area contributed by atoms with Crippen molar-refractivity contribution in [1.29, 1.82) is 0 Å². The van der Waals surface area contributed by atoms with Crippen LogP contribution in [-0.2, 0) is 16.1 Å². The number of carbonyl (C=O) groups is 2. The van der Waals surface area contributed by atoms with E-state index in [9.17, 15) is 9.59 Å². The SMILES string of the molecule is Cc1cc(N)n(CC(=O)N2CCN(c3ccccc3C)C(=O)C2)n1. The van der Waals surface area contributed by atoms with Crippen LogP contribution in [0.15, 0.2) is 30.3 Å². The number of carbonyl (C=O) groups excluding carboxylic acids is 2. The third kappa shape index (κ3) is 3.10. The Hall–Kier alpha value is -2.83. The van der Waals surface area contributed by atoms with E-state index in [4.69, 9.17) is 5.73 Å². The van der Waals surface area contributed by atoms with E-state index in [1.54, 1.807) is 15.9 Å². The predicted octanol–water partition coefficient (Wildman–Crippen LogP) is 0.958. The monoisotopic (exact) mass is 327 g/mol. The van der Waals surface area contributed by atoms with Crippen molar-refractivity contribution >= 4 is 23.3 Å². The summed E-state index contributed by atoms with van der Waals surface area (Å²) in [7, 11) is 0. The first-order chi connectivity index (χ1) is 11.5. The van der Waals surface area contributed by atoms with Gasteiger partial charge in [0.05, 0.1) is 5.69 Å². The number of nitrogens with two attached hydrogens (primary N) is 1. The first-order valence-electron chi connectivity index (χ1n) is 7.89. The number of piperazine rings is 1. The largest absolute Gasteiger partial charge is 0.384 e. The molecular weight excluding hydrogens is 306 g/mol. The van der Waals surface area contributed by atoms with E-state index in [-0.39, 0.29) is 24.9 Å².